The smallest absolute Gasteiger partial charge is 0.330 e. The van der Waals surface area contributed by atoms with Crippen LogP contribution in [0.5, 0.6) is 0 Å². The molecule has 1 saturated carbocycles. The molecule has 0 aromatic heterocycles. The Kier molecular flexibility index (Phi) is 5.41. The molecule has 1 aliphatic carbocycles. The number of morpholine rings is 1. The van der Waals surface area contributed by atoms with Crippen LogP contribution in [0.4, 0.5) is 4.79 Å². The molecular formula is C14H25N3O4. The summed E-state index contributed by atoms with van der Waals surface area (Å²) in [6.45, 7) is 4.50. The van der Waals surface area contributed by atoms with Crippen molar-refractivity contribution in [3.63, 3.8) is 0 Å². The molecule has 7 heteroatoms. The van der Waals surface area contributed by atoms with Gasteiger partial charge in [-0.05, 0) is 31.6 Å². The molecule has 7 nitrogen and oxygen atoms in total. The third-order valence-corrected chi connectivity index (χ3v) is 4.57. The highest BCUT2D eigenvalue weighted by atomic mass is 16.5. The summed E-state index contributed by atoms with van der Waals surface area (Å²) in [7, 11) is 0. The van der Waals surface area contributed by atoms with Gasteiger partial charge in [0.25, 0.3) is 0 Å². The van der Waals surface area contributed by atoms with Crippen molar-refractivity contribution in [2.45, 2.75) is 44.6 Å². The van der Waals surface area contributed by atoms with E-state index in [0.717, 1.165) is 19.3 Å². The zero-order valence-corrected chi connectivity index (χ0v) is 12.6. The summed E-state index contributed by atoms with van der Waals surface area (Å²) in [4.78, 5) is 23.7. The van der Waals surface area contributed by atoms with E-state index >= 15 is 0 Å². The van der Waals surface area contributed by atoms with Gasteiger partial charge < -0.3 is 15.2 Å². The highest BCUT2D eigenvalue weighted by molar-refractivity contribution is 5.86. The highest BCUT2D eigenvalue weighted by Gasteiger charge is 2.43. The molecule has 1 heterocycles. The summed E-state index contributed by atoms with van der Waals surface area (Å²) in [5.41, 5.74) is 1.59. The van der Waals surface area contributed by atoms with Crippen LogP contribution in [0.2, 0.25) is 0 Å². The van der Waals surface area contributed by atoms with Crippen molar-refractivity contribution in [3.05, 3.63) is 0 Å². The topological polar surface area (TPSA) is 90.9 Å². The lowest BCUT2D eigenvalue weighted by Crippen LogP contribution is -2.61. The second kappa shape index (κ2) is 7.09. The number of hydrazine groups is 1. The fourth-order valence-electron chi connectivity index (χ4n) is 3.04. The third-order valence-electron chi connectivity index (χ3n) is 4.57. The molecule has 21 heavy (non-hydrogen) atoms. The van der Waals surface area contributed by atoms with E-state index in [1.165, 1.54) is 0 Å². The lowest BCUT2D eigenvalue weighted by molar-refractivity contribution is -0.146. The Bertz CT molecular complexity index is 374. The van der Waals surface area contributed by atoms with Gasteiger partial charge in [-0.25, -0.2) is 14.6 Å². The number of nitrogens with zero attached hydrogens (tertiary/aromatic N) is 1. The molecule has 2 aliphatic rings. The first-order valence-corrected chi connectivity index (χ1v) is 7.70. The zero-order chi connectivity index (χ0) is 15.3. The third kappa shape index (κ3) is 4.07. The van der Waals surface area contributed by atoms with Crippen molar-refractivity contribution >= 4 is 12.0 Å². The maximum atomic E-state index is 12.1. The number of hydrogen-bond acceptors (Lipinski definition) is 4. The van der Waals surface area contributed by atoms with Crippen molar-refractivity contribution in [1.82, 2.24) is 15.8 Å². The maximum Gasteiger partial charge on any atom is 0.330 e. The van der Waals surface area contributed by atoms with Gasteiger partial charge in [-0.2, -0.15) is 0 Å². The first kappa shape index (κ1) is 16.0. The van der Waals surface area contributed by atoms with Gasteiger partial charge >= 0.3 is 12.0 Å². The fourth-order valence-corrected chi connectivity index (χ4v) is 3.04. The predicted molar refractivity (Wildman–Crippen MR) is 76.7 cm³/mol. The van der Waals surface area contributed by atoms with Crippen LogP contribution in [-0.4, -0.2) is 54.0 Å². The van der Waals surface area contributed by atoms with Gasteiger partial charge in [0.1, 0.15) is 5.54 Å². The van der Waals surface area contributed by atoms with Crippen LogP contribution < -0.4 is 10.7 Å². The Hall–Kier alpha value is -1.34. The standard InChI is InChI=1S/C14H25N3O4/c1-2-11-3-5-14(6-4-11,12(18)19)15-13(20)16-17-7-9-21-10-8-17/h11H,2-10H2,1H3,(H,18,19)(H2,15,16,20). The summed E-state index contributed by atoms with van der Waals surface area (Å²) < 4.78 is 5.21. The molecule has 120 valence electrons. The summed E-state index contributed by atoms with van der Waals surface area (Å²) in [5.74, 6) is -0.365. The van der Waals surface area contributed by atoms with E-state index in [4.69, 9.17) is 4.74 Å². The van der Waals surface area contributed by atoms with Crippen molar-refractivity contribution in [2.24, 2.45) is 5.92 Å². The molecule has 0 unspecified atom stereocenters. The lowest BCUT2D eigenvalue weighted by atomic mass is 9.75. The normalized spacial score (nSPS) is 30.6. The van der Waals surface area contributed by atoms with Crippen LogP contribution in [0, 0.1) is 5.92 Å². The number of carbonyl (C=O) groups excluding carboxylic acids is 1. The number of aliphatic carboxylic acids is 1. The second-order valence-electron chi connectivity index (χ2n) is 5.90. The maximum absolute atomic E-state index is 12.1. The second-order valence-corrected chi connectivity index (χ2v) is 5.90. The Labute approximate surface area is 125 Å². The number of nitrogens with one attached hydrogen (secondary N) is 2. The van der Waals surface area contributed by atoms with Crippen LogP contribution in [0.25, 0.3) is 0 Å². The van der Waals surface area contributed by atoms with Crippen molar-refractivity contribution in [3.8, 4) is 0 Å². The van der Waals surface area contributed by atoms with Crippen molar-refractivity contribution in [1.29, 1.82) is 0 Å². The Balaban J connectivity index is 1.90. The van der Waals surface area contributed by atoms with E-state index in [-0.39, 0.29) is 0 Å². The highest BCUT2D eigenvalue weighted by Crippen LogP contribution is 2.33. The minimum atomic E-state index is -1.12. The van der Waals surface area contributed by atoms with Gasteiger partial charge in [-0.1, -0.05) is 13.3 Å². The number of ether oxygens (including phenoxy) is 1. The Morgan fingerprint density at radius 2 is 1.90 bits per heavy atom. The molecule has 2 fully saturated rings. The molecule has 0 radical (unpaired) electrons. The van der Waals surface area contributed by atoms with Gasteiger partial charge in [0.05, 0.1) is 13.2 Å². The van der Waals surface area contributed by atoms with Crippen LogP contribution in [0.1, 0.15) is 39.0 Å². The molecule has 1 saturated heterocycles. The van der Waals surface area contributed by atoms with Crippen LogP contribution in [0.15, 0.2) is 0 Å². The number of carbonyl (C=O) groups is 2. The van der Waals surface area contributed by atoms with E-state index in [9.17, 15) is 14.7 Å². The first-order chi connectivity index (χ1) is 10.1. The SMILES string of the molecule is CCC1CCC(NC(=O)NN2CCOCC2)(C(=O)O)CC1. The minimum absolute atomic E-state index is 0.436. The quantitative estimate of drug-likeness (QED) is 0.719. The number of hydrogen-bond donors (Lipinski definition) is 3. The summed E-state index contributed by atoms with van der Waals surface area (Å²) in [6, 6.07) is -0.436. The number of rotatable bonds is 4. The largest absolute Gasteiger partial charge is 0.480 e. The van der Waals surface area contributed by atoms with Crippen LogP contribution in [-0.2, 0) is 9.53 Å². The Morgan fingerprint density at radius 3 is 2.43 bits per heavy atom. The molecule has 0 aromatic carbocycles. The summed E-state index contributed by atoms with van der Waals surface area (Å²) in [6.07, 6.45) is 3.76. The van der Waals surface area contributed by atoms with E-state index in [0.29, 0.717) is 45.1 Å². The van der Waals surface area contributed by atoms with Crippen molar-refractivity contribution in [2.75, 3.05) is 26.3 Å². The van der Waals surface area contributed by atoms with E-state index in [1.807, 2.05) is 0 Å². The molecule has 3 N–H and O–H groups in total. The number of urea groups is 1. The monoisotopic (exact) mass is 299 g/mol. The van der Waals surface area contributed by atoms with Crippen molar-refractivity contribution < 1.29 is 19.4 Å². The average Bonchev–Trinajstić information content (AvgIpc) is 2.48. The number of carboxylic acids is 1. The van der Waals surface area contributed by atoms with Crippen LogP contribution in [0.3, 0.4) is 0 Å². The van der Waals surface area contributed by atoms with E-state index in [2.05, 4.69) is 17.7 Å². The van der Waals surface area contributed by atoms with Gasteiger partial charge in [0.2, 0.25) is 0 Å². The van der Waals surface area contributed by atoms with Gasteiger partial charge in [-0.3, -0.25) is 5.43 Å². The zero-order valence-electron chi connectivity index (χ0n) is 12.6. The summed E-state index contributed by atoms with van der Waals surface area (Å²) in [5, 5.41) is 14.0. The lowest BCUT2D eigenvalue weighted by Gasteiger charge is -2.38. The molecule has 0 atom stereocenters. The predicted octanol–water partition coefficient (Wildman–Crippen LogP) is 0.956. The Morgan fingerprint density at radius 1 is 1.29 bits per heavy atom. The number of carboxylic acid groups (broad SMARTS) is 1. The van der Waals surface area contributed by atoms with Gasteiger partial charge in [-0.15, -0.1) is 0 Å². The number of amides is 2. The van der Waals surface area contributed by atoms with Gasteiger partial charge in [0, 0.05) is 13.1 Å². The minimum Gasteiger partial charge on any atom is -0.480 e. The van der Waals surface area contributed by atoms with E-state index < -0.39 is 17.5 Å². The molecule has 0 bridgehead atoms. The molecule has 0 aromatic rings. The molecule has 2 rings (SSSR count). The van der Waals surface area contributed by atoms with E-state index in [1.54, 1.807) is 5.01 Å². The average molecular weight is 299 g/mol. The molecule has 2 amide bonds. The summed E-state index contributed by atoms with van der Waals surface area (Å²) >= 11 is 0. The molecule has 0 spiro atoms. The molecular weight excluding hydrogens is 274 g/mol. The first-order valence-electron chi connectivity index (χ1n) is 7.70. The fraction of sp³-hybridized carbons (Fsp3) is 0.857. The molecule has 1 aliphatic heterocycles. The van der Waals surface area contributed by atoms with Gasteiger partial charge in [0.15, 0.2) is 0 Å². The van der Waals surface area contributed by atoms with Crippen LogP contribution >= 0.6 is 0 Å².